The summed E-state index contributed by atoms with van der Waals surface area (Å²) in [5.74, 6) is 1.51. The van der Waals surface area contributed by atoms with E-state index in [0.29, 0.717) is 5.95 Å². The van der Waals surface area contributed by atoms with Gasteiger partial charge in [-0.3, -0.25) is 0 Å². The number of piperazine rings is 1. The van der Waals surface area contributed by atoms with E-state index < -0.39 is 0 Å². The molecule has 0 radical (unpaired) electrons. The Morgan fingerprint density at radius 3 is 2.71 bits per heavy atom. The van der Waals surface area contributed by atoms with Crippen LogP contribution in [-0.2, 0) is 0 Å². The molecular formula is C21H27ClN6. The van der Waals surface area contributed by atoms with Gasteiger partial charge in [0.25, 0.3) is 0 Å². The van der Waals surface area contributed by atoms with Crippen LogP contribution in [0.1, 0.15) is 32.1 Å². The Labute approximate surface area is 171 Å². The Balaban J connectivity index is 1.30. The minimum absolute atomic E-state index is 0.702. The van der Waals surface area contributed by atoms with E-state index in [1.807, 2.05) is 18.2 Å². The summed E-state index contributed by atoms with van der Waals surface area (Å²) in [6.07, 6.45) is 10.3. The molecule has 1 N–H and O–H groups in total. The number of hydrogen-bond donors (Lipinski definition) is 1. The van der Waals surface area contributed by atoms with Crippen LogP contribution < -0.4 is 15.1 Å². The lowest BCUT2D eigenvalue weighted by atomic mass is 9.97. The molecule has 7 heteroatoms. The van der Waals surface area contributed by atoms with Crippen molar-refractivity contribution in [2.75, 3.05) is 47.8 Å². The molecule has 2 heterocycles. The molecule has 148 valence electrons. The fourth-order valence-corrected chi connectivity index (χ4v) is 4.02. The molecule has 0 amide bonds. The van der Waals surface area contributed by atoms with Crippen molar-refractivity contribution in [2.45, 2.75) is 32.1 Å². The van der Waals surface area contributed by atoms with Crippen LogP contribution in [-0.4, -0.2) is 47.9 Å². The summed E-state index contributed by atoms with van der Waals surface area (Å²) in [5, 5.41) is 12.6. The van der Waals surface area contributed by atoms with Gasteiger partial charge in [0.1, 0.15) is 0 Å². The van der Waals surface area contributed by atoms with Crippen molar-refractivity contribution in [1.29, 1.82) is 0 Å². The lowest BCUT2D eigenvalue weighted by Crippen LogP contribution is -2.47. The minimum atomic E-state index is 0.702. The highest BCUT2D eigenvalue weighted by Crippen LogP contribution is 2.22. The average Bonchev–Trinajstić information content (AvgIpc) is 2.75. The lowest BCUT2D eigenvalue weighted by molar-refractivity contribution is 0.635. The maximum absolute atomic E-state index is 6.12. The molecule has 1 fully saturated rings. The van der Waals surface area contributed by atoms with Crippen molar-refractivity contribution < 1.29 is 0 Å². The molecular weight excluding hydrogens is 372 g/mol. The van der Waals surface area contributed by atoms with Gasteiger partial charge in [0, 0.05) is 43.4 Å². The Bertz CT molecular complexity index is 816. The third kappa shape index (κ3) is 4.93. The van der Waals surface area contributed by atoms with E-state index in [2.05, 4.69) is 42.4 Å². The second kappa shape index (κ2) is 9.24. The summed E-state index contributed by atoms with van der Waals surface area (Å²) >= 11 is 6.12. The van der Waals surface area contributed by atoms with Crippen LogP contribution in [0, 0.1) is 0 Å². The molecule has 2 aliphatic rings. The SMILES string of the molecule is Clc1cccc(N2CCN(c3nncc(NCCC4=CCCCC4)n3)CC2)c1. The summed E-state index contributed by atoms with van der Waals surface area (Å²) in [6.45, 7) is 4.45. The summed E-state index contributed by atoms with van der Waals surface area (Å²) in [5.41, 5.74) is 2.73. The second-order valence-electron chi connectivity index (χ2n) is 7.38. The van der Waals surface area contributed by atoms with Gasteiger partial charge in [-0.1, -0.05) is 29.3 Å². The van der Waals surface area contributed by atoms with E-state index in [1.54, 1.807) is 11.8 Å². The fraction of sp³-hybridized carbons (Fsp3) is 0.476. The molecule has 2 aromatic rings. The smallest absolute Gasteiger partial charge is 0.247 e. The molecule has 0 spiro atoms. The third-order valence-electron chi connectivity index (χ3n) is 5.42. The van der Waals surface area contributed by atoms with Gasteiger partial charge >= 0.3 is 0 Å². The van der Waals surface area contributed by atoms with Gasteiger partial charge in [-0.15, -0.1) is 5.10 Å². The summed E-state index contributed by atoms with van der Waals surface area (Å²) in [6, 6.07) is 8.02. The molecule has 0 unspecified atom stereocenters. The number of aromatic nitrogens is 3. The van der Waals surface area contributed by atoms with Crippen LogP contribution in [0.2, 0.25) is 5.02 Å². The standard InChI is InChI=1S/C21H27ClN6/c22-18-7-4-8-19(15-18)27-11-13-28(14-12-27)21-25-20(16-24-26-21)23-10-9-17-5-2-1-3-6-17/h4-5,7-8,15-16H,1-3,6,9-14H2,(H,23,25,26). The van der Waals surface area contributed by atoms with Crippen LogP contribution in [0.5, 0.6) is 0 Å². The molecule has 1 aromatic heterocycles. The maximum atomic E-state index is 6.12. The van der Waals surface area contributed by atoms with E-state index in [0.717, 1.165) is 50.0 Å². The third-order valence-corrected chi connectivity index (χ3v) is 5.66. The van der Waals surface area contributed by atoms with Gasteiger partial charge in [0.15, 0.2) is 5.82 Å². The molecule has 4 rings (SSSR count). The van der Waals surface area contributed by atoms with Crippen molar-refractivity contribution in [2.24, 2.45) is 0 Å². The van der Waals surface area contributed by atoms with Gasteiger partial charge in [0.2, 0.25) is 5.95 Å². The minimum Gasteiger partial charge on any atom is -0.368 e. The van der Waals surface area contributed by atoms with Gasteiger partial charge in [-0.2, -0.15) is 10.1 Å². The Morgan fingerprint density at radius 1 is 1.07 bits per heavy atom. The zero-order chi connectivity index (χ0) is 19.2. The predicted molar refractivity (Wildman–Crippen MR) is 115 cm³/mol. The normalized spacial score (nSPS) is 17.4. The lowest BCUT2D eigenvalue weighted by Gasteiger charge is -2.36. The topological polar surface area (TPSA) is 57.2 Å². The van der Waals surface area contributed by atoms with Crippen molar-refractivity contribution in [1.82, 2.24) is 15.2 Å². The van der Waals surface area contributed by atoms with E-state index >= 15 is 0 Å². The first-order valence-electron chi connectivity index (χ1n) is 10.1. The maximum Gasteiger partial charge on any atom is 0.247 e. The molecule has 1 aromatic carbocycles. The van der Waals surface area contributed by atoms with E-state index in [-0.39, 0.29) is 0 Å². The molecule has 1 aliphatic heterocycles. The number of allylic oxidation sites excluding steroid dienone is 1. The van der Waals surface area contributed by atoms with Crippen LogP contribution in [0.3, 0.4) is 0 Å². The first-order chi connectivity index (χ1) is 13.8. The van der Waals surface area contributed by atoms with Crippen molar-refractivity contribution >= 4 is 29.1 Å². The first-order valence-corrected chi connectivity index (χ1v) is 10.5. The second-order valence-corrected chi connectivity index (χ2v) is 7.82. The van der Waals surface area contributed by atoms with E-state index in [9.17, 15) is 0 Å². The van der Waals surface area contributed by atoms with Crippen LogP contribution in [0.4, 0.5) is 17.5 Å². The molecule has 0 atom stereocenters. The summed E-state index contributed by atoms with van der Waals surface area (Å²) in [4.78, 5) is 9.21. The monoisotopic (exact) mass is 398 g/mol. The van der Waals surface area contributed by atoms with Gasteiger partial charge < -0.3 is 15.1 Å². The Morgan fingerprint density at radius 2 is 1.93 bits per heavy atom. The number of rotatable bonds is 6. The zero-order valence-corrected chi connectivity index (χ0v) is 16.9. The van der Waals surface area contributed by atoms with Gasteiger partial charge in [-0.25, -0.2) is 0 Å². The largest absolute Gasteiger partial charge is 0.368 e. The number of hydrogen-bond acceptors (Lipinski definition) is 6. The van der Waals surface area contributed by atoms with Crippen LogP contribution in [0.15, 0.2) is 42.1 Å². The Kier molecular flexibility index (Phi) is 6.27. The van der Waals surface area contributed by atoms with Crippen LogP contribution in [0.25, 0.3) is 0 Å². The number of anilines is 3. The molecule has 0 bridgehead atoms. The Hall–Kier alpha value is -2.34. The van der Waals surface area contributed by atoms with E-state index in [4.69, 9.17) is 11.6 Å². The molecule has 28 heavy (non-hydrogen) atoms. The van der Waals surface area contributed by atoms with Gasteiger partial charge in [0.05, 0.1) is 6.20 Å². The van der Waals surface area contributed by atoms with Crippen molar-refractivity contribution in [3.63, 3.8) is 0 Å². The number of halogens is 1. The first kappa shape index (κ1) is 19.0. The predicted octanol–water partition coefficient (Wildman–Crippen LogP) is 4.15. The quantitative estimate of drug-likeness (QED) is 0.737. The van der Waals surface area contributed by atoms with Crippen molar-refractivity contribution in [3.8, 4) is 0 Å². The zero-order valence-electron chi connectivity index (χ0n) is 16.1. The van der Waals surface area contributed by atoms with Gasteiger partial charge in [-0.05, 0) is 50.3 Å². The average molecular weight is 399 g/mol. The summed E-state index contributed by atoms with van der Waals surface area (Å²) in [7, 11) is 0. The number of nitrogens with one attached hydrogen (secondary N) is 1. The molecule has 1 saturated heterocycles. The molecule has 1 aliphatic carbocycles. The highest BCUT2D eigenvalue weighted by molar-refractivity contribution is 6.30. The van der Waals surface area contributed by atoms with E-state index in [1.165, 1.54) is 31.4 Å². The number of nitrogens with zero attached hydrogens (tertiary/aromatic N) is 5. The fourth-order valence-electron chi connectivity index (χ4n) is 3.83. The van der Waals surface area contributed by atoms with Crippen molar-refractivity contribution in [3.05, 3.63) is 47.1 Å². The molecule has 0 saturated carbocycles. The summed E-state index contributed by atoms with van der Waals surface area (Å²) < 4.78 is 0. The van der Waals surface area contributed by atoms with Crippen LogP contribution >= 0.6 is 11.6 Å². The molecule has 6 nitrogen and oxygen atoms in total. The highest BCUT2D eigenvalue weighted by atomic mass is 35.5. The highest BCUT2D eigenvalue weighted by Gasteiger charge is 2.20. The number of benzene rings is 1.